The van der Waals surface area contributed by atoms with Crippen molar-refractivity contribution < 1.29 is 4.74 Å². The first-order chi connectivity index (χ1) is 7.24. The van der Waals surface area contributed by atoms with Crippen LogP contribution in [0.25, 0.3) is 0 Å². The van der Waals surface area contributed by atoms with E-state index in [1.165, 1.54) is 19.3 Å². The number of aromatic nitrogens is 3. The number of ether oxygens (including phenoxy) is 1. The zero-order valence-corrected chi connectivity index (χ0v) is 11.3. The van der Waals surface area contributed by atoms with Crippen molar-refractivity contribution in [2.75, 3.05) is 0 Å². The molecule has 0 atom stereocenters. The Hall–Kier alpha value is -0.230. The zero-order valence-electron chi connectivity index (χ0n) is 8.12. The number of hydrogen-bond acceptors (Lipinski definition) is 4. The average molecular weight is 337 g/mol. The molecule has 1 fully saturated rings. The quantitative estimate of drug-likeness (QED) is 0.832. The molecular weight excluding hydrogens is 326 g/mol. The zero-order chi connectivity index (χ0) is 10.7. The van der Waals surface area contributed by atoms with Crippen LogP contribution in [0, 0.1) is 0 Å². The largest absolute Gasteiger partial charge is 0.460 e. The third-order valence-corrected chi connectivity index (χ3v) is 3.09. The van der Waals surface area contributed by atoms with Gasteiger partial charge in [0.25, 0.3) is 0 Å². The minimum atomic E-state index is 0.264. The fraction of sp³-hybridized carbons (Fsp3) is 0.667. The molecule has 0 saturated heterocycles. The maximum Gasteiger partial charge on any atom is 0.321 e. The monoisotopic (exact) mass is 335 g/mol. The van der Waals surface area contributed by atoms with E-state index in [1.807, 2.05) is 0 Å². The summed E-state index contributed by atoms with van der Waals surface area (Å²) in [6, 6.07) is 0.399. The van der Waals surface area contributed by atoms with Crippen LogP contribution >= 0.6 is 31.9 Å². The summed E-state index contributed by atoms with van der Waals surface area (Å²) < 4.78 is 6.69. The molecule has 1 aromatic heterocycles. The van der Waals surface area contributed by atoms with Crippen molar-refractivity contribution in [1.82, 2.24) is 15.0 Å². The maximum absolute atomic E-state index is 5.69. The Morgan fingerprint density at radius 2 is 1.53 bits per heavy atom. The molecule has 4 nitrogen and oxygen atoms in total. The third kappa shape index (κ3) is 3.38. The lowest BCUT2D eigenvalue weighted by atomic mass is 9.98. The average Bonchev–Trinajstić information content (AvgIpc) is 2.17. The molecule has 0 spiro atoms. The molecule has 1 aliphatic carbocycles. The van der Waals surface area contributed by atoms with Crippen LogP contribution in [-0.4, -0.2) is 21.1 Å². The molecule has 0 unspecified atom stereocenters. The highest BCUT2D eigenvalue weighted by Crippen LogP contribution is 2.22. The third-order valence-electron chi connectivity index (χ3n) is 2.38. The lowest BCUT2D eigenvalue weighted by Crippen LogP contribution is -2.21. The van der Waals surface area contributed by atoms with Gasteiger partial charge in [-0.2, -0.15) is 15.0 Å². The van der Waals surface area contributed by atoms with Crippen molar-refractivity contribution in [3.8, 4) is 6.01 Å². The summed E-state index contributed by atoms with van der Waals surface area (Å²) in [6.07, 6.45) is 6.24. The molecule has 1 saturated carbocycles. The van der Waals surface area contributed by atoms with Gasteiger partial charge in [-0.25, -0.2) is 0 Å². The molecule has 0 aliphatic heterocycles. The Kier molecular flexibility index (Phi) is 3.91. The van der Waals surface area contributed by atoms with Gasteiger partial charge in [-0.05, 0) is 57.5 Å². The highest BCUT2D eigenvalue weighted by Gasteiger charge is 2.16. The molecule has 0 N–H and O–H groups in total. The number of halogens is 2. The van der Waals surface area contributed by atoms with Crippen molar-refractivity contribution in [2.45, 2.75) is 38.2 Å². The molecule has 15 heavy (non-hydrogen) atoms. The van der Waals surface area contributed by atoms with Gasteiger partial charge in [0.05, 0.1) is 0 Å². The summed E-state index contributed by atoms with van der Waals surface area (Å²) in [6.45, 7) is 0. The van der Waals surface area contributed by atoms with Gasteiger partial charge in [0.15, 0.2) is 0 Å². The van der Waals surface area contributed by atoms with E-state index in [-0.39, 0.29) is 6.10 Å². The molecule has 82 valence electrons. The molecule has 0 bridgehead atoms. The predicted octanol–water partition coefficient (Wildman–Crippen LogP) is 3.11. The van der Waals surface area contributed by atoms with Crippen molar-refractivity contribution in [2.24, 2.45) is 0 Å². The first-order valence-corrected chi connectivity index (χ1v) is 6.56. The van der Waals surface area contributed by atoms with Crippen LogP contribution in [0.2, 0.25) is 0 Å². The highest BCUT2D eigenvalue weighted by atomic mass is 79.9. The normalized spacial score (nSPS) is 17.7. The summed E-state index contributed by atoms with van der Waals surface area (Å²) in [5.74, 6) is 0. The summed E-state index contributed by atoms with van der Waals surface area (Å²) in [7, 11) is 0. The standard InChI is InChI=1S/C9H11Br2N3O/c10-7-12-8(11)14-9(13-7)15-6-4-2-1-3-5-6/h6H,1-5H2. The van der Waals surface area contributed by atoms with Crippen LogP contribution in [0.4, 0.5) is 0 Å². The summed E-state index contributed by atoms with van der Waals surface area (Å²) >= 11 is 6.41. The highest BCUT2D eigenvalue weighted by molar-refractivity contribution is 9.11. The van der Waals surface area contributed by atoms with E-state index in [2.05, 4.69) is 46.8 Å². The van der Waals surface area contributed by atoms with Crippen molar-refractivity contribution in [3.63, 3.8) is 0 Å². The van der Waals surface area contributed by atoms with E-state index >= 15 is 0 Å². The summed E-state index contributed by atoms with van der Waals surface area (Å²) in [5, 5.41) is 0. The van der Waals surface area contributed by atoms with Crippen molar-refractivity contribution >= 4 is 31.9 Å². The SMILES string of the molecule is Brc1nc(Br)nc(OC2CCCCC2)n1. The van der Waals surface area contributed by atoms with Crippen LogP contribution in [0.1, 0.15) is 32.1 Å². The van der Waals surface area contributed by atoms with Crippen LogP contribution in [0.15, 0.2) is 9.47 Å². The molecule has 0 amide bonds. The predicted molar refractivity (Wildman–Crippen MR) is 62.7 cm³/mol. The van der Waals surface area contributed by atoms with E-state index in [9.17, 15) is 0 Å². The minimum Gasteiger partial charge on any atom is -0.460 e. The number of nitrogens with zero attached hydrogens (tertiary/aromatic N) is 3. The lowest BCUT2D eigenvalue weighted by molar-refractivity contribution is 0.140. The van der Waals surface area contributed by atoms with E-state index in [0.29, 0.717) is 15.5 Å². The van der Waals surface area contributed by atoms with Crippen LogP contribution in [0.5, 0.6) is 6.01 Å². The number of rotatable bonds is 2. The molecule has 1 aromatic rings. The molecule has 2 rings (SSSR count). The van der Waals surface area contributed by atoms with Gasteiger partial charge in [0, 0.05) is 0 Å². The Labute approximate surface area is 105 Å². The molecule has 0 radical (unpaired) electrons. The molecule has 1 heterocycles. The Balaban J connectivity index is 2.02. The van der Waals surface area contributed by atoms with Gasteiger partial charge in [-0.1, -0.05) is 6.42 Å². The maximum atomic E-state index is 5.69. The number of hydrogen-bond donors (Lipinski definition) is 0. The fourth-order valence-corrected chi connectivity index (χ4v) is 2.57. The lowest BCUT2D eigenvalue weighted by Gasteiger charge is -2.21. The van der Waals surface area contributed by atoms with Crippen molar-refractivity contribution in [3.05, 3.63) is 9.47 Å². The van der Waals surface area contributed by atoms with Gasteiger partial charge in [0.1, 0.15) is 6.10 Å². The van der Waals surface area contributed by atoms with Crippen molar-refractivity contribution in [1.29, 1.82) is 0 Å². The topological polar surface area (TPSA) is 47.9 Å². The fourth-order valence-electron chi connectivity index (χ4n) is 1.69. The molecule has 6 heteroatoms. The smallest absolute Gasteiger partial charge is 0.321 e. The Morgan fingerprint density at radius 1 is 0.933 bits per heavy atom. The molecule has 1 aliphatic rings. The van der Waals surface area contributed by atoms with E-state index < -0.39 is 0 Å². The Morgan fingerprint density at radius 3 is 2.13 bits per heavy atom. The summed E-state index contributed by atoms with van der Waals surface area (Å²) in [4.78, 5) is 12.1. The molecule has 0 aromatic carbocycles. The molecular formula is C9H11Br2N3O. The van der Waals surface area contributed by atoms with Crippen LogP contribution in [0.3, 0.4) is 0 Å². The first-order valence-electron chi connectivity index (χ1n) is 4.98. The second-order valence-corrected chi connectivity index (χ2v) is 4.95. The summed E-state index contributed by atoms with van der Waals surface area (Å²) in [5.41, 5.74) is 0. The van der Waals surface area contributed by atoms with Gasteiger partial charge in [-0.3, -0.25) is 0 Å². The van der Waals surface area contributed by atoms with Gasteiger partial charge in [0.2, 0.25) is 9.47 Å². The minimum absolute atomic E-state index is 0.264. The second kappa shape index (κ2) is 5.21. The van der Waals surface area contributed by atoms with Gasteiger partial charge < -0.3 is 4.74 Å². The van der Waals surface area contributed by atoms with Gasteiger partial charge in [-0.15, -0.1) is 0 Å². The van der Waals surface area contributed by atoms with Crippen LogP contribution in [-0.2, 0) is 0 Å². The van der Waals surface area contributed by atoms with Crippen LogP contribution < -0.4 is 4.74 Å². The van der Waals surface area contributed by atoms with Gasteiger partial charge >= 0.3 is 6.01 Å². The van der Waals surface area contributed by atoms with E-state index in [4.69, 9.17) is 4.74 Å². The Bertz CT molecular complexity index is 322. The van der Waals surface area contributed by atoms with E-state index in [0.717, 1.165) is 12.8 Å². The second-order valence-electron chi connectivity index (χ2n) is 3.53. The first kappa shape index (κ1) is 11.3. The van der Waals surface area contributed by atoms with E-state index in [1.54, 1.807) is 0 Å².